The highest BCUT2D eigenvalue weighted by molar-refractivity contribution is 7.91. The Balaban J connectivity index is 3.19. The topological polar surface area (TPSA) is 136 Å². The number of anilines is 1. The Hall–Kier alpha value is -1.71. The van der Waals surface area contributed by atoms with Gasteiger partial charge in [-0.3, -0.25) is 10.1 Å². The van der Waals surface area contributed by atoms with Gasteiger partial charge in [-0.05, 0) is 19.0 Å². The smallest absolute Gasteiger partial charge is 0.270 e. The van der Waals surface area contributed by atoms with Crippen molar-refractivity contribution in [3.8, 4) is 0 Å². The minimum atomic E-state index is -3.78. The summed E-state index contributed by atoms with van der Waals surface area (Å²) in [6.07, 6.45) is 0.635. The molecule has 0 unspecified atom stereocenters. The summed E-state index contributed by atoms with van der Waals surface area (Å²) in [6.45, 7) is 0.349. The molecule has 0 aliphatic heterocycles. The molecule has 4 N–H and O–H groups in total. The number of benzene rings is 1. The third-order valence-electron chi connectivity index (χ3n) is 2.57. The number of aliphatic hydroxyl groups is 1. The fourth-order valence-electron chi connectivity index (χ4n) is 1.58. The summed E-state index contributed by atoms with van der Waals surface area (Å²) in [7, 11) is -3.78. The van der Waals surface area contributed by atoms with Crippen molar-refractivity contribution in [3.05, 3.63) is 28.3 Å². The highest BCUT2D eigenvalue weighted by Gasteiger charge is 2.21. The molecule has 0 saturated carbocycles. The van der Waals surface area contributed by atoms with E-state index in [2.05, 4.69) is 5.32 Å². The van der Waals surface area contributed by atoms with Crippen LogP contribution in [0.15, 0.2) is 23.1 Å². The number of sulfone groups is 1. The van der Waals surface area contributed by atoms with E-state index < -0.39 is 27.1 Å². The second-order valence-corrected chi connectivity index (χ2v) is 6.13. The SMILES string of the molecule is NCCCNc1ccc([N+](=O)[O-])cc1S(=O)(=O)CCO. The number of nitrogens with one attached hydrogen (secondary N) is 1. The molecule has 0 heterocycles. The average molecular weight is 303 g/mol. The number of non-ortho nitro benzene ring substituents is 1. The van der Waals surface area contributed by atoms with Crippen molar-refractivity contribution < 1.29 is 18.4 Å². The van der Waals surface area contributed by atoms with Crippen LogP contribution in [-0.2, 0) is 9.84 Å². The van der Waals surface area contributed by atoms with Crippen LogP contribution >= 0.6 is 0 Å². The van der Waals surface area contributed by atoms with Crippen molar-refractivity contribution in [1.29, 1.82) is 0 Å². The van der Waals surface area contributed by atoms with Crippen LogP contribution in [0, 0.1) is 10.1 Å². The maximum atomic E-state index is 12.0. The second-order valence-electron chi connectivity index (χ2n) is 4.05. The molecule has 0 spiro atoms. The number of aliphatic hydroxyl groups excluding tert-OH is 1. The van der Waals surface area contributed by atoms with Crippen LogP contribution in [-0.4, -0.2) is 43.9 Å². The molecule has 1 rings (SSSR count). The van der Waals surface area contributed by atoms with E-state index in [1.807, 2.05) is 0 Å². The normalized spacial score (nSPS) is 11.3. The second kappa shape index (κ2) is 7.17. The third kappa shape index (κ3) is 4.15. The van der Waals surface area contributed by atoms with Gasteiger partial charge in [0, 0.05) is 18.7 Å². The van der Waals surface area contributed by atoms with E-state index in [0.717, 1.165) is 6.07 Å². The first-order chi connectivity index (χ1) is 9.42. The Kier molecular flexibility index (Phi) is 5.86. The molecule has 0 aromatic heterocycles. The molecule has 9 heteroatoms. The maximum Gasteiger partial charge on any atom is 0.270 e. The van der Waals surface area contributed by atoms with E-state index >= 15 is 0 Å². The lowest BCUT2D eigenvalue weighted by Gasteiger charge is -2.11. The van der Waals surface area contributed by atoms with Crippen molar-refractivity contribution in [2.75, 3.05) is 30.8 Å². The lowest BCUT2D eigenvalue weighted by molar-refractivity contribution is -0.385. The van der Waals surface area contributed by atoms with Crippen LogP contribution in [0.4, 0.5) is 11.4 Å². The van der Waals surface area contributed by atoms with Crippen molar-refractivity contribution in [3.63, 3.8) is 0 Å². The molecule has 0 amide bonds. The minimum absolute atomic E-state index is 0.183. The molecule has 0 aliphatic rings. The number of hydrogen-bond acceptors (Lipinski definition) is 7. The monoisotopic (exact) mass is 303 g/mol. The van der Waals surface area contributed by atoms with E-state index in [0.29, 0.717) is 19.5 Å². The van der Waals surface area contributed by atoms with Crippen LogP contribution < -0.4 is 11.1 Å². The molecule has 0 saturated heterocycles. The zero-order chi connectivity index (χ0) is 15.2. The quantitative estimate of drug-likeness (QED) is 0.352. The summed E-state index contributed by atoms with van der Waals surface area (Å²) in [5.74, 6) is -0.486. The molecule has 112 valence electrons. The summed E-state index contributed by atoms with van der Waals surface area (Å²) in [4.78, 5) is 9.89. The molecule has 8 nitrogen and oxygen atoms in total. The van der Waals surface area contributed by atoms with Gasteiger partial charge in [0.2, 0.25) is 0 Å². The van der Waals surface area contributed by atoms with Gasteiger partial charge < -0.3 is 16.2 Å². The number of nitro benzene ring substituents is 1. The van der Waals surface area contributed by atoms with Gasteiger partial charge in [0.25, 0.3) is 5.69 Å². The van der Waals surface area contributed by atoms with Gasteiger partial charge in [0.05, 0.1) is 27.9 Å². The van der Waals surface area contributed by atoms with Crippen molar-refractivity contribution >= 4 is 21.2 Å². The van der Waals surface area contributed by atoms with E-state index in [4.69, 9.17) is 10.8 Å². The third-order valence-corrected chi connectivity index (χ3v) is 4.30. The number of nitro groups is 1. The first kappa shape index (κ1) is 16.3. The predicted molar refractivity (Wildman–Crippen MR) is 74.4 cm³/mol. The molecular weight excluding hydrogens is 286 g/mol. The zero-order valence-electron chi connectivity index (χ0n) is 10.8. The first-order valence-electron chi connectivity index (χ1n) is 5.98. The number of nitrogens with zero attached hydrogens (tertiary/aromatic N) is 1. The van der Waals surface area contributed by atoms with Gasteiger partial charge in [-0.1, -0.05) is 0 Å². The molecular formula is C11H17N3O5S. The standard InChI is InChI=1S/C11H17N3O5S/c12-4-1-5-13-10-3-2-9(14(16)17)8-11(10)20(18,19)7-6-15/h2-3,8,13,15H,1,4-7,12H2. The first-order valence-corrected chi connectivity index (χ1v) is 7.63. The van der Waals surface area contributed by atoms with Crippen LogP contribution in [0.5, 0.6) is 0 Å². The van der Waals surface area contributed by atoms with E-state index in [1.165, 1.54) is 12.1 Å². The largest absolute Gasteiger partial charge is 0.395 e. The molecule has 0 atom stereocenters. The van der Waals surface area contributed by atoms with E-state index in [-0.39, 0.29) is 16.3 Å². The van der Waals surface area contributed by atoms with Gasteiger partial charge in [0.1, 0.15) is 0 Å². The Morgan fingerprint density at radius 1 is 1.40 bits per heavy atom. The summed E-state index contributed by atoms with van der Waals surface area (Å²) in [6, 6.07) is 3.57. The van der Waals surface area contributed by atoms with Crippen LogP contribution in [0.1, 0.15) is 6.42 Å². The van der Waals surface area contributed by atoms with Gasteiger partial charge in [-0.2, -0.15) is 0 Å². The van der Waals surface area contributed by atoms with Gasteiger partial charge in [-0.25, -0.2) is 8.42 Å². The Morgan fingerprint density at radius 3 is 2.65 bits per heavy atom. The van der Waals surface area contributed by atoms with E-state index in [1.54, 1.807) is 0 Å². The summed E-state index contributed by atoms with van der Waals surface area (Å²) in [5.41, 5.74) is 5.31. The van der Waals surface area contributed by atoms with Crippen molar-refractivity contribution in [2.24, 2.45) is 5.73 Å². The molecule has 1 aromatic rings. The Labute approximate surface area is 116 Å². The van der Waals surface area contributed by atoms with Crippen molar-refractivity contribution in [1.82, 2.24) is 0 Å². The zero-order valence-corrected chi connectivity index (χ0v) is 11.6. The Bertz CT molecular complexity index is 573. The number of nitrogens with two attached hydrogens (primary N) is 1. The maximum absolute atomic E-state index is 12.0. The summed E-state index contributed by atoms with van der Waals surface area (Å²) < 4.78 is 24.0. The van der Waals surface area contributed by atoms with Gasteiger partial charge in [-0.15, -0.1) is 0 Å². The van der Waals surface area contributed by atoms with Gasteiger partial charge in [0.15, 0.2) is 9.84 Å². The number of hydrogen-bond donors (Lipinski definition) is 3. The molecule has 0 aliphatic carbocycles. The molecule has 0 radical (unpaired) electrons. The van der Waals surface area contributed by atoms with E-state index in [9.17, 15) is 18.5 Å². The molecule has 0 fully saturated rings. The van der Waals surface area contributed by atoms with Crippen molar-refractivity contribution in [2.45, 2.75) is 11.3 Å². The molecule has 1 aromatic carbocycles. The number of rotatable bonds is 8. The fraction of sp³-hybridized carbons (Fsp3) is 0.455. The molecule has 0 bridgehead atoms. The van der Waals surface area contributed by atoms with Gasteiger partial charge >= 0.3 is 0 Å². The Morgan fingerprint density at radius 2 is 2.10 bits per heavy atom. The van der Waals surface area contributed by atoms with Crippen LogP contribution in [0.2, 0.25) is 0 Å². The fourth-order valence-corrected chi connectivity index (χ4v) is 2.82. The predicted octanol–water partition coefficient (Wildman–Crippen LogP) is 0.121. The minimum Gasteiger partial charge on any atom is -0.395 e. The van der Waals surface area contributed by atoms with Crippen LogP contribution in [0.25, 0.3) is 0 Å². The average Bonchev–Trinajstić information content (AvgIpc) is 2.39. The lowest BCUT2D eigenvalue weighted by atomic mass is 10.2. The summed E-state index contributed by atoms with van der Waals surface area (Å²) in [5, 5.41) is 22.4. The summed E-state index contributed by atoms with van der Waals surface area (Å²) >= 11 is 0. The lowest BCUT2D eigenvalue weighted by Crippen LogP contribution is -2.15. The molecule has 20 heavy (non-hydrogen) atoms. The van der Waals surface area contributed by atoms with Crippen LogP contribution in [0.3, 0.4) is 0 Å². The highest BCUT2D eigenvalue weighted by atomic mass is 32.2. The highest BCUT2D eigenvalue weighted by Crippen LogP contribution is 2.27.